The number of ketones is 1. The van der Waals surface area contributed by atoms with E-state index in [0.29, 0.717) is 31.9 Å². The lowest BCUT2D eigenvalue weighted by atomic mass is 10.1. The van der Waals surface area contributed by atoms with Crippen molar-refractivity contribution in [3.63, 3.8) is 0 Å². The number of nitrogens with zero attached hydrogens (tertiary/aromatic N) is 2. The van der Waals surface area contributed by atoms with E-state index in [9.17, 15) is 31.9 Å². The number of amides is 2. The highest BCUT2D eigenvalue weighted by Crippen LogP contribution is 2.33. The quantitative estimate of drug-likeness (QED) is 0.298. The molecule has 12 heteroatoms. The van der Waals surface area contributed by atoms with Crippen molar-refractivity contribution in [3.05, 3.63) is 45.7 Å². The van der Waals surface area contributed by atoms with Crippen LogP contribution in [0.1, 0.15) is 51.9 Å². The Morgan fingerprint density at radius 2 is 1.94 bits per heavy atom. The smallest absolute Gasteiger partial charge is 0.340 e. The molecule has 1 aliphatic heterocycles. The molecule has 172 valence electrons. The third kappa shape index (κ3) is 4.62. The predicted molar refractivity (Wildman–Crippen MR) is 107 cm³/mol. The Morgan fingerprint density at radius 1 is 1.25 bits per heavy atom. The van der Waals surface area contributed by atoms with Gasteiger partial charge in [0.1, 0.15) is 11.7 Å². The largest absolute Gasteiger partial charge is 0.408 e. The molecule has 7 nitrogen and oxygen atoms in total. The first-order valence-corrected chi connectivity index (χ1v) is 10.1. The lowest BCUT2D eigenvalue weighted by Crippen LogP contribution is -2.46. The third-order valence-corrected chi connectivity index (χ3v) is 5.48. The molecule has 0 spiro atoms. The maximum absolute atomic E-state index is 13.4. The van der Waals surface area contributed by atoms with Crippen LogP contribution in [0.25, 0.3) is 0 Å². The topological polar surface area (TPSA) is 93.1 Å². The molecule has 0 bridgehead atoms. The van der Waals surface area contributed by atoms with Gasteiger partial charge in [-0.25, -0.2) is 4.98 Å². The van der Waals surface area contributed by atoms with Crippen LogP contribution in [0.2, 0.25) is 5.02 Å². The van der Waals surface area contributed by atoms with Gasteiger partial charge in [0.05, 0.1) is 22.5 Å². The number of nitrogens with one attached hydrogen (secondary N) is 2. The summed E-state index contributed by atoms with van der Waals surface area (Å²) in [7, 11) is 0. The maximum Gasteiger partial charge on any atom is 0.408 e. The van der Waals surface area contributed by atoms with E-state index in [0.717, 1.165) is 6.20 Å². The third-order valence-electron chi connectivity index (χ3n) is 5.12. The Hall–Kier alpha value is -2.95. The zero-order chi connectivity index (χ0) is 23.8. The molecule has 0 aliphatic carbocycles. The van der Waals surface area contributed by atoms with Crippen LogP contribution in [-0.4, -0.2) is 39.4 Å². The lowest BCUT2D eigenvalue weighted by Gasteiger charge is -2.19. The van der Waals surface area contributed by atoms with Crippen molar-refractivity contribution in [2.24, 2.45) is 0 Å². The fraction of sp³-hybridized carbons (Fsp3) is 0.400. The van der Waals surface area contributed by atoms with Crippen molar-refractivity contribution in [2.45, 2.75) is 51.9 Å². The molecule has 2 N–H and O–H groups in total. The number of Topliss-reactive ketones (excluding diaryl/α,β-unsaturated/α-hetero) is 1. The fourth-order valence-corrected chi connectivity index (χ4v) is 3.81. The normalized spacial score (nSPS) is 14.5. The van der Waals surface area contributed by atoms with Gasteiger partial charge in [0, 0.05) is 17.8 Å². The summed E-state index contributed by atoms with van der Waals surface area (Å²) in [5.41, 5.74) is 0.371. The van der Waals surface area contributed by atoms with Crippen molar-refractivity contribution in [1.29, 1.82) is 0 Å². The van der Waals surface area contributed by atoms with Gasteiger partial charge in [0.2, 0.25) is 5.95 Å². The van der Waals surface area contributed by atoms with E-state index in [1.54, 1.807) is 5.32 Å². The number of alkyl halides is 3. The van der Waals surface area contributed by atoms with E-state index in [2.05, 4.69) is 10.3 Å². The Labute approximate surface area is 185 Å². The zero-order valence-corrected chi connectivity index (χ0v) is 17.8. The van der Waals surface area contributed by atoms with E-state index in [1.807, 2.05) is 0 Å². The highest BCUT2D eigenvalue weighted by Gasteiger charge is 2.40. The van der Waals surface area contributed by atoms with Gasteiger partial charge in [0.25, 0.3) is 17.6 Å². The van der Waals surface area contributed by atoms with Gasteiger partial charge in [-0.1, -0.05) is 11.6 Å². The van der Waals surface area contributed by atoms with Gasteiger partial charge in [-0.2, -0.15) is 17.6 Å². The number of anilines is 1. The van der Waals surface area contributed by atoms with Crippen molar-refractivity contribution in [2.75, 3.05) is 5.32 Å². The summed E-state index contributed by atoms with van der Waals surface area (Å²) in [6.07, 6.45) is -1.94. The van der Waals surface area contributed by atoms with Gasteiger partial charge in [0.15, 0.2) is 0 Å². The van der Waals surface area contributed by atoms with E-state index in [1.165, 1.54) is 17.6 Å². The molecule has 0 fully saturated rings. The van der Waals surface area contributed by atoms with Crippen LogP contribution in [0.4, 0.5) is 23.2 Å². The van der Waals surface area contributed by atoms with Gasteiger partial charge in [-0.05, 0) is 39.2 Å². The minimum absolute atomic E-state index is 0.0617. The summed E-state index contributed by atoms with van der Waals surface area (Å²) < 4.78 is 53.1. The number of halogens is 5. The minimum Gasteiger partial charge on any atom is -0.340 e. The molecule has 0 saturated heterocycles. The number of fused-ring (bicyclic) bond motifs is 1. The molecule has 3 rings (SSSR count). The molecule has 0 aromatic carbocycles. The standard InChI is InChI=1S/C20H19ClF4N4O3/c1-9-7-11(8-26-17(9)22)28-18(31)13-12-5-3-4-6-29(12)15(14(13)21)16(30)19(32)27-10(2)20(23,24)25/h7-8,10H,3-6H2,1-2H3,(H,27,32)(H,28,31). The number of aryl methyl sites for hydroxylation is 1. The Bertz CT molecular complexity index is 1100. The van der Waals surface area contributed by atoms with Crippen LogP contribution in [0.15, 0.2) is 12.3 Å². The number of pyridine rings is 1. The molecule has 0 radical (unpaired) electrons. The summed E-state index contributed by atoms with van der Waals surface area (Å²) in [6.45, 7) is 2.43. The van der Waals surface area contributed by atoms with Crippen LogP contribution in [0, 0.1) is 12.9 Å². The van der Waals surface area contributed by atoms with Gasteiger partial charge < -0.3 is 15.2 Å². The van der Waals surface area contributed by atoms with Crippen molar-refractivity contribution in [3.8, 4) is 0 Å². The SMILES string of the molecule is Cc1cc(NC(=O)c2c(Cl)c(C(=O)C(=O)NC(C)C(F)(F)F)n3c2CCCC3)cnc1F. The second kappa shape index (κ2) is 8.89. The van der Waals surface area contributed by atoms with Gasteiger partial charge >= 0.3 is 6.18 Å². The molecule has 2 aromatic rings. The van der Waals surface area contributed by atoms with Crippen LogP contribution in [0.3, 0.4) is 0 Å². The Kier molecular flexibility index (Phi) is 6.59. The molecule has 3 heterocycles. The molecule has 0 saturated carbocycles. The van der Waals surface area contributed by atoms with Crippen molar-refractivity contribution in [1.82, 2.24) is 14.9 Å². The highest BCUT2D eigenvalue weighted by atomic mass is 35.5. The summed E-state index contributed by atoms with van der Waals surface area (Å²) in [5.74, 6) is -4.16. The average molecular weight is 475 g/mol. The number of hydrogen-bond donors (Lipinski definition) is 2. The molecular formula is C20H19ClF4N4O3. The molecule has 1 atom stereocenters. The van der Waals surface area contributed by atoms with Crippen molar-refractivity contribution < 1.29 is 31.9 Å². The Balaban J connectivity index is 1.95. The maximum atomic E-state index is 13.4. The number of carbonyl (C=O) groups excluding carboxylic acids is 3. The van der Waals surface area contributed by atoms with E-state index in [4.69, 9.17) is 11.6 Å². The molecule has 1 unspecified atom stereocenters. The van der Waals surface area contributed by atoms with E-state index < -0.39 is 35.8 Å². The first-order chi connectivity index (χ1) is 14.9. The molecule has 32 heavy (non-hydrogen) atoms. The first-order valence-electron chi connectivity index (χ1n) is 9.68. The fourth-order valence-electron chi connectivity index (χ4n) is 3.43. The average Bonchev–Trinajstić information content (AvgIpc) is 3.01. The Morgan fingerprint density at radius 3 is 2.56 bits per heavy atom. The zero-order valence-electron chi connectivity index (χ0n) is 17.1. The molecule has 2 amide bonds. The highest BCUT2D eigenvalue weighted by molar-refractivity contribution is 6.48. The van der Waals surface area contributed by atoms with E-state index >= 15 is 0 Å². The number of aromatic nitrogens is 2. The molecule has 2 aromatic heterocycles. The van der Waals surface area contributed by atoms with Gasteiger partial charge in [-0.3, -0.25) is 14.4 Å². The van der Waals surface area contributed by atoms with Crippen LogP contribution in [-0.2, 0) is 17.8 Å². The number of hydrogen-bond acceptors (Lipinski definition) is 4. The summed E-state index contributed by atoms with van der Waals surface area (Å²) in [6, 6.07) is -0.889. The van der Waals surface area contributed by atoms with Gasteiger partial charge in [-0.15, -0.1) is 0 Å². The number of carbonyl (C=O) groups is 3. The van der Waals surface area contributed by atoms with Crippen LogP contribution >= 0.6 is 11.6 Å². The summed E-state index contributed by atoms with van der Waals surface area (Å²) >= 11 is 6.32. The second-order valence-electron chi connectivity index (χ2n) is 7.44. The van der Waals surface area contributed by atoms with Crippen molar-refractivity contribution >= 4 is 34.9 Å². The molecular weight excluding hydrogens is 456 g/mol. The van der Waals surface area contributed by atoms with Crippen LogP contribution in [0.5, 0.6) is 0 Å². The minimum atomic E-state index is -4.73. The monoisotopic (exact) mass is 474 g/mol. The predicted octanol–water partition coefficient (Wildman–Crippen LogP) is 3.82. The van der Waals surface area contributed by atoms with E-state index in [-0.39, 0.29) is 34.1 Å². The van der Waals surface area contributed by atoms with Crippen LogP contribution < -0.4 is 10.6 Å². The summed E-state index contributed by atoms with van der Waals surface area (Å²) in [5, 5.41) is 3.81. The molecule has 1 aliphatic rings. The first kappa shape index (κ1) is 23.7. The summed E-state index contributed by atoms with van der Waals surface area (Å²) in [4.78, 5) is 41.4. The lowest BCUT2D eigenvalue weighted by molar-refractivity contribution is -0.156. The number of rotatable bonds is 5. The second-order valence-corrected chi connectivity index (χ2v) is 7.82.